The van der Waals surface area contributed by atoms with Crippen LogP contribution in [0.2, 0.25) is 0 Å². The topological polar surface area (TPSA) is 200 Å². The van der Waals surface area contributed by atoms with Gasteiger partial charge in [-0.05, 0) is 6.42 Å². The zero-order valence-electron chi connectivity index (χ0n) is 10.7. The molecule has 7 N–H and O–H groups in total. The number of nitrogens with one attached hydrogen (secondary N) is 2. The van der Waals surface area contributed by atoms with Crippen LogP contribution in [0.1, 0.15) is 19.3 Å². The molecule has 0 fully saturated rings. The molecule has 1 unspecified atom stereocenters. The van der Waals surface area contributed by atoms with Crippen molar-refractivity contribution in [1.82, 2.24) is 5.32 Å². The largest absolute Gasteiger partial charge is 0.550 e. The highest BCUT2D eigenvalue weighted by Gasteiger charge is 2.15. The third-order valence-corrected chi connectivity index (χ3v) is 2.36. The maximum atomic E-state index is 10.6. The van der Waals surface area contributed by atoms with Crippen molar-refractivity contribution in [2.45, 2.75) is 31.3 Å². The Morgan fingerprint density at radius 1 is 1.20 bits per heavy atom. The summed E-state index contributed by atoms with van der Waals surface area (Å²) in [6.45, 7) is 0.253. The van der Waals surface area contributed by atoms with Gasteiger partial charge in [0.15, 0.2) is 0 Å². The van der Waals surface area contributed by atoms with Crippen LogP contribution in [0.15, 0.2) is 0 Å². The summed E-state index contributed by atoms with van der Waals surface area (Å²) < 4.78 is 0. The molecule has 0 heterocycles. The molecule has 0 aliphatic carbocycles. The zero-order valence-corrected chi connectivity index (χ0v) is 10.7. The first-order valence-corrected chi connectivity index (χ1v) is 5.81. The summed E-state index contributed by atoms with van der Waals surface area (Å²) in [5.41, 5.74) is 8.77. The summed E-state index contributed by atoms with van der Waals surface area (Å²) in [4.78, 5) is 33.9. The number of rotatable bonds is 9. The Hall–Kier alpha value is -2.36. The second-order valence-corrected chi connectivity index (χ2v) is 4.09. The summed E-state index contributed by atoms with van der Waals surface area (Å²) in [6, 6.07) is -2.36. The molecule has 0 rings (SSSR count). The molecule has 0 bridgehead atoms. The number of aliphatic carboxylic acids is 3. The summed E-state index contributed by atoms with van der Waals surface area (Å²) in [7, 11) is 0. The second kappa shape index (κ2) is 8.69. The van der Waals surface area contributed by atoms with Gasteiger partial charge in [-0.15, -0.1) is 0 Å². The van der Waals surface area contributed by atoms with Crippen LogP contribution < -0.4 is 37.1 Å². The summed E-state index contributed by atoms with van der Waals surface area (Å²) in [5.74, 6) is -4.61. The van der Waals surface area contributed by atoms with Crippen molar-refractivity contribution in [3.05, 3.63) is 0 Å². The zero-order chi connectivity index (χ0) is 15.7. The highest BCUT2D eigenvalue weighted by Crippen LogP contribution is 1.88. The molecular formula is C10H17N4O6-. The van der Waals surface area contributed by atoms with Crippen molar-refractivity contribution in [2.24, 2.45) is 5.73 Å². The van der Waals surface area contributed by atoms with Gasteiger partial charge < -0.3 is 35.4 Å². The van der Waals surface area contributed by atoms with Gasteiger partial charge in [-0.1, -0.05) is 0 Å². The number of carbonyl (C=O) groups excluding carboxylic acids is 3. The van der Waals surface area contributed by atoms with E-state index in [0.717, 1.165) is 0 Å². The van der Waals surface area contributed by atoms with E-state index in [1.807, 2.05) is 0 Å². The second-order valence-electron chi connectivity index (χ2n) is 4.09. The number of nitrogens with two attached hydrogens (primary N) is 1. The number of carboxylic acid groups (broad SMARTS) is 3. The Morgan fingerprint density at radius 2 is 1.80 bits per heavy atom. The SMILES string of the molecule is NC(NC(CC(=O)[O-])C(=O)[O-])=[NH+]CCC[C@H]([NH3+])C(=O)[O-]. The van der Waals surface area contributed by atoms with Gasteiger partial charge >= 0.3 is 5.96 Å². The van der Waals surface area contributed by atoms with Crippen LogP contribution >= 0.6 is 0 Å². The van der Waals surface area contributed by atoms with Crippen LogP contribution in [-0.4, -0.2) is 42.5 Å². The molecule has 0 aliphatic heterocycles. The van der Waals surface area contributed by atoms with Crippen LogP contribution in [0.3, 0.4) is 0 Å². The molecule has 0 amide bonds. The lowest BCUT2D eigenvalue weighted by atomic mass is 10.2. The van der Waals surface area contributed by atoms with Crippen molar-refractivity contribution in [1.29, 1.82) is 0 Å². The number of hydrogen-bond acceptors (Lipinski definition) is 6. The molecule has 114 valence electrons. The van der Waals surface area contributed by atoms with Crippen molar-refractivity contribution in [3.8, 4) is 0 Å². The van der Waals surface area contributed by atoms with Gasteiger partial charge in [0.25, 0.3) is 0 Å². The van der Waals surface area contributed by atoms with Crippen molar-refractivity contribution in [2.75, 3.05) is 6.54 Å². The van der Waals surface area contributed by atoms with Crippen molar-refractivity contribution in [3.63, 3.8) is 0 Å². The fourth-order valence-electron chi connectivity index (χ4n) is 1.29. The van der Waals surface area contributed by atoms with Crippen LogP contribution in [0.4, 0.5) is 0 Å². The number of hydrogen-bond donors (Lipinski definition) is 4. The van der Waals surface area contributed by atoms with E-state index in [4.69, 9.17) is 5.73 Å². The third kappa shape index (κ3) is 7.87. The number of quaternary nitrogens is 1. The Kier molecular flexibility index (Phi) is 7.67. The molecular weight excluding hydrogens is 272 g/mol. The molecule has 0 radical (unpaired) electrons. The fraction of sp³-hybridized carbons (Fsp3) is 0.600. The van der Waals surface area contributed by atoms with E-state index in [2.05, 4.69) is 16.0 Å². The van der Waals surface area contributed by atoms with E-state index >= 15 is 0 Å². The average molecular weight is 289 g/mol. The summed E-state index contributed by atoms with van der Waals surface area (Å²) in [5, 5.41) is 33.5. The standard InChI is InChI=1S/C10H18N4O6/c11-5(8(17)18)2-1-3-13-10(12)14-6(9(19)20)4-7(15)16/h5-6H,1-4,11H2,(H,15,16)(H,17,18)(H,19,20)(H3,12,13,14)/p-1/t5-,6?/m0/s1. The quantitative estimate of drug-likeness (QED) is 0.182. The normalized spacial score (nSPS) is 14.3. The van der Waals surface area contributed by atoms with Crippen LogP contribution in [0.5, 0.6) is 0 Å². The van der Waals surface area contributed by atoms with Gasteiger partial charge in [0.2, 0.25) is 0 Å². The van der Waals surface area contributed by atoms with Crippen LogP contribution in [0.25, 0.3) is 0 Å². The Morgan fingerprint density at radius 3 is 2.25 bits per heavy atom. The summed E-state index contributed by atoms with van der Waals surface area (Å²) in [6.07, 6.45) is -0.136. The average Bonchev–Trinajstić information content (AvgIpc) is 2.32. The van der Waals surface area contributed by atoms with E-state index in [0.29, 0.717) is 6.42 Å². The molecule has 0 aromatic heterocycles. The van der Waals surface area contributed by atoms with E-state index in [-0.39, 0.29) is 18.9 Å². The highest BCUT2D eigenvalue weighted by molar-refractivity contribution is 5.84. The lowest BCUT2D eigenvalue weighted by Gasteiger charge is -2.16. The van der Waals surface area contributed by atoms with Crippen LogP contribution in [-0.2, 0) is 14.4 Å². The van der Waals surface area contributed by atoms with Crippen molar-refractivity contribution < 1.29 is 40.4 Å². The first-order chi connectivity index (χ1) is 9.23. The molecule has 2 atom stereocenters. The molecule has 10 nitrogen and oxygen atoms in total. The minimum absolute atomic E-state index is 0.158. The fourth-order valence-corrected chi connectivity index (χ4v) is 1.29. The maximum absolute atomic E-state index is 10.6. The van der Waals surface area contributed by atoms with Gasteiger partial charge in [-0.2, -0.15) is 0 Å². The lowest BCUT2D eigenvalue weighted by molar-refractivity contribution is -0.468. The first kappa shape index (κ1) is 17.6. The molecule has 0 spiro atoms. The van der Waals surface area contributed by atoms with Crippen LogP contribution in [0, 0.1) is 0 Å². The lowest BCUT2D eigenvalue weighted by Crippen LogP contribution is -2.80. The third-order valence-electron chi connectivity index (χ3n) is 2.36. The van der Waals surface area contributed by atoms with E-state index in [1.165, 1.54) is 0 Å². The predicted octanol–water partition coefficient (Wildman–Crippen LogP) is -8.63. The van der Waals surface area contributed by atoms with Gasteiger partial charge in [0.05, 0.1) is 18.5 Å². The minimum Gasteiger partial charge on any atom is -0.550 e. The van der Waals surface area contributed by atoms with Gasteiger partial charge in [0.1, 0.15) is 12.1 Å². The minimum atomic E-state index is -1.63. The van der Waals surface area contributed by atoms with E-state index in [9.17, 15) is 29.7 Å². The number of carbonyl (C=O) groups is 3. The highest BCUT2D eigenvalue weighted by atomic mass is 16.4. The Balaban J connectivity index is 4.19. The molecule has 0 saturated carbocycles. The monoisotopic (exact) mass is 289 g/mol. The molecule has 0 saturated heterocycles. The van der Waals surface area contributed by atoms with Gasteiger partial charge in [-0.3, -0.25) is 16.0 Å². The molecule has 20 heavy (non-hydrogen) atoms. The molecule has 0 aliphatic rings. The van der Waals surface area contributed by atoms with E-state index in [1.54, 1.807) is 0 Å². The molecule has 0 aromatic carbocycles. The Bertz CT molecular complexity index is 397. The van der Waals surface area contributed by atoms with Gasteiger partial charge in [0, 0.05) is 18.8 Å². The smallest absolute Gasteiger partial charge is 0.341 e. The number of guanidine groups is 1. The molecule has 0 aromatic rings. The van der Waals surface area contributed by atoms with E-state index < -0.39 is 36.4 Å². The van der Waals surface area contributed by atoms with Crippen molar-refractivity contribution >= 4 is 23.9 Å². The maximum Gasteiger partial charge on any atom is 0.341 e. The van der Waals surface area contributed by atoms with Gasteiger partial charge in [-0.25, -0.2) is 0 Å². The predicted molar refractivity (Wildman–Crippen MR) is 57.5 cm³/mol. The first-order valence-electron chi connectivity index (χ1n) is 5.81. The Labute approximate surface area is 114 Å². The number of carboxylic acids is 3. The summed E-state index contributed by atoms with van der Waals surface area (Å²) >= 11 is 0. The molecule has 10 heteroatoms.